The lowest BCUT2D eigenvalue weighted by atomic mass is 10.0. The average molecular weight is 447 g/mol. The van der Waals surface area contributed by atoms with E-state index in [1.54, 1.807) is 10.8 Å². The summed E-state index contributed by atoms with van der Waals surface area (Å²) < 4.78 is 6.47. The molecule has 0 radical (unpaired) electrons. The number of imidazole rings is 1. The Balaban J connectivity index is 2.05. The molecule has 0 N–H and O–H groups in total. The van der Waals surface area contributed by atoms with Gasteiger partial charge in [0.2, 0.25) is 0 Å². The van der Waals surface area contributed by atoms with Gasteiger partial charge in [-0.1, -0.05) is 57.2 Å². The van der Waals surface area contributed by atoms with Crippen LogP contribution in [0.1, 0.15) is 32.8 Å². The molecule has 33 heavy (non-hydrogen) atoms. The molecule has 0 aliphatic rings. The van der Waals surface area contributed by atoms with Crippen LogP contribution >= 0.6 is 0 Å². The highest BCUT2D eigenvalue weighted by molar-refractivity contribution is 5.89. The van der Waals surface area contributed by atoms with Gasteiger partial charge < -0.3 is 4.57 Å². The largest absolute Gasteiger partial charge is 0.333 e. The summed E-state index contributed by atoms with van der Waals surface area (Å²) in [4.78, 5) is 30.9. The van der Waals surface area contributed by atoms with Gasteiger partial charge in [0.1, 0.15) is 11.1 Å². The second-order valence-electron chi connectivity index (χ2n) is 8.72. The van der Waals surface area contributed by atoms with Crippen LogP contribution in [0, 0.1) is 5.92 Å². The third kappa shape index (κ3) is 4.08. The van der Waals surface area contributed by atoms with Crippen LogP contribution in [0.25, 0.3) is 28.1 Å². The average Bonchev–Trinajstić information content (AvgIpc) is 3.38. The summed E-state index contributed by atoms with van der Waals surface area (Å²) in [6.07, 6.45) is 6.58. The van der Waals surface area contributed by atoms with Crippen molar-refractivity contribution in [1.29, 1.82) is 0 Å². The lowest BCUT2D eigenvalue weighted by Crippen LogP contribution is -2.38. The van der Waals surface area contributed by atoms with E-state index in [9.17, 15) is 9.59 Å². The van der Waals surface area contributed by atoms with Crippen molar-refractivity contribution in [3.8, 4) is 11.5 Å². The standard InChI is InChI=1S/C25H30N6O2/c1-6-10-19(18-11-8-7-9-12-18)16-31-21(23-26-13-14-28(23)4)20-22(27-31)30(15-17(2)3)25(33)29(5)24(20)32/h7-14,17H,6,15-16H2,1-5H3/b19-10+. The van der Waals surface area contributed by atoms with Crippen LogP contribution in [0.2, 0.25) is 0 Å². The Morgan fingerprint density at radius 3 is 2.45 bits per heavy atom. The third-order valence-electron chi connectivity index (χ3n) is 5.72. The molecule has 0 bridgehead atoms. The summed E-state index contributed by atoms with van der Waals surface area (Å²) >= 11 is 0. The molecular weight excluding hydrogens is 416 g/mol. The first kappa shape index (κ1) is 22.5. The van der Waals surface area contributed by atoms with Crippen LogP contribution in [-0.2, 0) is 27.2 Å². The molecule has 0 amide bonds. The Morgan fingerprint density at radius 1 is 1.12 bits per heavy atom. The van der Waals surface area contributed by atoms with E-state index in [-0.39, 0.29) is 17.2 Å². The monoisotopic (exact) mass is 446 g/mol. The fourth-order valence-corrected chi connectivity index (χ4v) is 4.16. The van der Waals surface area contributed by atoms with Crippen LogP contribution in [0.3, 0.4) is 0 Å². The maximum absolute atomic E-state index is 13.4. The van der Waals surface area contributed by atoms with Crippen molar-refractivity contribution >= 4 is 16.6 Å². The molecule has 4 aromatic rings. The second kappa shape index (κ2) is 9.05. The van der Waals surface area contributed by atoms with Gasteiger partial charge in [0, 0.05) is 33.0 Å². The van der Waals surface area contributed by atoms with Crippen LogP contribution in [-0.4, -0.2) is 28.5 Å². The SMILES string of the molecule is CC/C=C(\Cn1nc2c(c1-c1nccn1C)c(=O)n(C)c(=O)n2CC(C)C)c1ccccc1. The predicted molar refractivity (Wildman–Crippen MR) is 131 cm³/mol. The zero-order valence-corrected chi connectivity index (χ0v) is 19.8. The zero-order chi connectivity index (χ0) is 23.7. The Kier molecular flexibility index (Phi) is 6.18. The fraction of sp³-hybridized carbons (Fsp3) is 0.360. The Morgan fingerprint density at radius 2 is 1.85 bits per heavy atom. The molecule has 0 aliphatic heterocycles. The van der Waals surface area contributed by atoms with Gasteiger partial charge in [-0.15, -0.1) is 0 Å². The molecule has 4 rings (SSSR count). The molecule has 0 atom stereocenters. The number of hydrogen-bond donors (Lipinski definition) is 0. The van der Waals surface area contributed by atoms with Crippen LogP contribution in [0.5, 0.6) is 0 Å². The summed E-state index contributed by atoms with van der Waals surface area (Å²) in [6, 6.07) is 10.1. The maximum atomic E-state index is 13.4. The Bertz CT molecular complexity index is 1430. The highest BCUT2D eigenvalue weighted by Crippen LogP contribution is 2.27. The number of rotatable bonds is 7. The van der Waals surface area contributed by atoms with Crippen molar-refractivity contribution in [1.82, 2.24) is 28.5 Å². The predicted octanol–water partition coefficient (Wildman–Crippen LogP) is 3.45. The molecule has 8 nitrogen and oxygen atoms in total. The van der Waals surface area contributed by atoms with Crippen LogP contribution < -0.4 is 11.2 Å². The first-order valence-electron chi connectivity index (χ1n) is 11.3. The summed E-state index contributed by atoms with van der Waals surface area (Å²) in [5, 5.41) is 5.26. The zero-order valence-electron chi connectivity index (χ0n) is 19.8. The van der Waals surface area contributed by atoms with Crippen molar-refractivity contribution in [2.75, 3.05) is 0 Å². The van der Waals surface area contributed by atoms with E-state index in [0.29, 0.717) is 35.6 Å². The maximum Gasteiger partial charge on any atom is 0.332 e. The highest BCUT2D eigenvalue weighted by atomic mass is 16.2. The lowest BCUT2D eigenvalue weighted by Gasteiger charge is -2.12. The number of aryl methyl sites for hydroxylation is 1. The second-order valence-corrected chi connectivity index (χ2v) is 8.72. The molecule has 0 spiro atoms. The normalized spacial score (nSPS) is 12.2. The minimum atomic E-state index is -0.361. The fourth-order valence-electron chi connectivity index (χ4n) is 4.16. The number of aromatic nitrogens is 6. The van der Waals surface area contributed by atoms with Gasteiger partial charge in [0.15, 0.2) is 11.5 Å². The number of allylic oxidation sites excluding steroid dienone is 2. The molecule has 0 saturated carbocycles. The van der Waals surface area contributed by atoms with Gasteiger partial charge in [-0.2, -0.15) is 5.10 Å². The summed E-state index contributed by atoms with van der Waals surface area (Å²) in [7, 11) is 3.41. The summed E-state index contributed by atoms with van der Waals surface area (Å²) in [5.74, 6) is 0.846. The van der Waals surface area contributed by atoms with Crippen molar-refractivity contribution in [2.24, 2.45) is 20.0 Å². The van der Waals surface area contributed by atoms with Crippen molar-refractivity contribution in [3.63, 3.8) is 0 Å². The molecule has 0 aliphatic carbocycles. The molecule has 3 aromatic heterocycles. The molecule has 0 saturated heterocycles. The van der Waals surface area contributed by atoms with Gasteiger partial charge in [0.25, 0.3) is 5.56 Å². The molecule has 172 valence electrons. The van der Waals surface area contributed by atoms with Crippen LogP contribution in [0.15, 0.2) is 58.4 Å². The number of benzene rings is 1. The van der Waals surface area contributed by atoms with E-state index in [1.165, 1.54) is 11.6 Å². The van der Waals surface area contributed by atoms with Gasteiger partial charge in [-0.05, 0) is 23.5 Å². The number of nitrogens with zero attached hydrogens (tertiary/aromatic N) is 6. The Hall–Kier alpha value is -3.68. The number of fused-ring (bicyclic) bond motifs is 1. The van der Waals surface area contributed by atoms with Crippen LogP contribution in [0.4, 0.5) is 0 Å². The summed E-state index contributed by atoms with van der Waals surface area (Å²) in [6.45, 7) is 7.10. The minimum Gasteiger partial charge on any atom is -0.333 e. The van der Waals surface area contributed by atoms with E-state index in [4.69, 9.17) is 5.10 Å². The van der Waals surface area contributed by atoms with Gasteiger partial charge in [-0.3, -0.25) is 18.6 Å². The highest BCUT2D eigenvalue weighted by Gasteiger charge is 2.25. The minimum absolute atomic E-state index is 0.213. The lowest BCUT2D eigenvalue weighted by molar-refractivity contribution is 0.498. The van der Waals surface area contributed by atoms with E-state index in [1.807, 2.05) is 54.5 Å². The van der Waals surface area contributed by atoms with E-state index < -0.39 is 0 Å². The quantitative estimate of drug-likeness (QED) is 0.436. The smallest absolute Gasteiger partial charge is 0.332 e. The van der Waals surface area contributed by atoms with Crippen molar-refractivity contribution < 1.29 is 0 Å². The third-order valence-corrected chi connectivity index (χ3v) is 5.72. The number of hydrogen-bond acceptors (Lipinski definition) is 4. The van der Waals surface area contributed by atoms with E-state index in [2.05, 4.69) is 30.1 Å². The molecule has 0 unspecified atom stereocenters. The topological polar surface area (TPSA) is 79.6 Å². The van der Waals surface area contributed by atoms with Gasteiger partial charge in [-0.25, -0.2) is 9.78 Å². The van der Waals surface area contributed by atoms with Crippen molar-refractivity contribution in [3.05, 3.63) is 75.2 Å². The first-order chi connectivity index (χ1) is 15.8. The first-order valence-corrected chi connectivity index (χ1v) is 11.3. The van der Waals surface area contributed by atoms with Gasteiger partial charge >= 0.3 is 5.69 Å². The molecular formula is C25H30N6O2. The Labute approximate surface area is 192 Å². The molecule has 1 aromatic carbocycles. The molecule has 8 heteroatoms. The van der Waals surface area contributed by atoms with Gasteiger partial charge in [0.05, 0.1) is 6.54 Å². The van der Waals surface area contributed by atoms with E-state index >= 15 is 0 Å². The van der Waals surface area contributed by atoms with E-state index in [0.717, 1.165) is 17.6 Å². The molecule has 0 fully saturated rings. The molecule has 3 heterocycles. The summed E-state index contributed by atoms with van der Waals surface area (Å²) in [5.41, 5.74) is 2.49. The van der Waals surface area contributed by atoms with Crippen molar-refractivity contribution in [2.45, 2.75) is 40.3 Å².